The van der Waals surface area contributed by atoms with E-state index in [1.165, 1.54) is 5.56 Å². The molecule has 1 aromatic heterocycles. The van der Waals surface area contributed by atoms with Crippen molar-refractivity contribution in [3.8, 4) is 0 Å². The van der Waals surface area contributed by atoms with E-state index in [0.29, 0.717) is 13.2 Å². The van der Waals surface area contributed by atoms with E-state index in [9.17, 15) is 0 Å². The molecule has 0 bridgehead atoms. The normalized spacial score (nSPS) is 18.8. The zero-order valence-electron chi connectivity index (χ0n) is 9.21. The minimum Gasteiger partial charge on any atom is -0.467 e. The molecular formula is C11H17NO3. The molecule has 2 rings (SSSR count). The van der Waals surface area contributed by atoms with E-state index in [1.807, 2.05) is 6.07 Å². The van der Waals surface area contributed by atoms with Gasteiger partial charge in [0.1, 0.15) is 11.3 Å². The van der Waals surface area contributed by atoms with Crippen LogP contribution in [0, 0.1) is 0 Å². The van der Waals surface area contributed by atoms with Gasteiger partial charge in [0.25, 0.3) is 0 Å². The van der Waals surface area contributed by atoms with Crippen molar-refractivity contribution >= 4 is 0 Å². The third-order valence-electron chi connectivity index (χ3n) is 2.82. The summed E-state index contributed by atoms with van der Waals surface area (Å²) in [4.78, 5) is 0. The third kappa shape index (κ3) is 1.80. The van der Waals surface area contributed by atoms with Gasteiger partial charge in [0, 0.05) is 20.8 Å². The summed E-state index contributed by atoms with van der Waals surface area (Å²) in [6, 6.07) is 2.02. The number of nitrogens with one attached hydrogen (secondary N) is 1. The number of furan rings is 1. The number of ether oxygens (including phenoxy) is 2. The van der Waals surface area contributed by atoms with Gasteiger partial charge in [-0.15, -0.1) is 0 Å². The van der Waals surface area contributed by atoms with Crippen molar-refractivity contribution in [2.45, 2.75) is 12.0 Å². The molecule has 0 aliphatic carbocycles. The molecule has 4 heteroatoms. The number of hydrogen-bond donors (Lipinski definition) is 1. The van der Waals surface area contributed by atoms with Gasteiger partial charge < -0.3 is 19.2 Å². The molecule has 0 saturated heterocycles. The minimum atomic E-state index is -0.319. The van der Waals surface area contributed by atoms with Crippen LogP contribution in [0.25, 0.3) is 0 Å². The van der Waals surface area contributed by atoms with Crippen molar-refractivity contribution in [2.24, 2.45) is 0 Å². The zero-order chi connectivity index (χ0) is 10.7. The lowest BCUT2D eigenvalue weighted by molar-refractivity contribution is 0.0232. The topological polar surface area (TPSA) is 43.6 Å². The summed E-state index contributed by atoms with van der Waals surface area (Å²) in [6.45, 7) is 2.04. The van der Waals surface area contributed by atoms with Gasteiger partial charge >= 0.3 is 0 Å². The van der Waals surface area contributed by atoms with Gasteiger partial charge in [0.05, 0.1) is 19.5 Å². The summed E-state index contributed by atoms with van der Waals surface area (Å²) in [7, 11) is 3.38. The van der Waals surface area contributed by atoms with E-state index < -0.39 is 0 Å². The Morgan fingerprint density at radius 1 is 1.40 bits per heavy atom. The monoisotopic (exact) mass is 211 g/mol. The molecule has 0 saturated carbocycles. The smallest absolute Gasteiger partial charge is 0.131 e. The molecule has 15 heavy (non-hydrogen) atoms. The van der Waals surface area contributed by atoms with E-state index in [2.05, 4.69) is 5.32 Å². The largest absolute Gasteiger partial charge is 0.467 e. The number of fused-ring (bicyclic) bond motifs is 1. The lowest BCUT2D eigenvalue weighted by atomic mass is 9.90. The molecule has 84 valence electrons. The zero-order valence-corrected chi connectivity index (χ0v) is 9.21. The Hall–Kier alpha value is -0.840. The van der Waals surface area contributed by atoms with Crippen LogP contribution in [0.3, 0.4) is 0 Å². The number of rotatable bonds is 4. The van der Waals surface area contributed by atoms with Crippen molar-refractivity contribution in [1.82, 2.24) is 5.32 Å². The second kappa shape index (κ2) is 4.35. The number of hydrogen-bond acceptors (Lipinski definition) is 4. The highest BCUT2D eigenvalue weighted by Crippen LogP contribution is 2.30. The maximum Gasteiger partial charge on any atom is 0.131 e. The summed E-state index contributed by atoms with van der Waals surface area (Å²) in [5.74, 6) is 0.956. The van der Waals surface area contributed by atoms with Crippen molar-refractivity contribution in [3.63, 3.8) is 0 Å². The second-order valence-corrected chi connectivity index (χ2v) is 3.90. The van der Waals surface area contributed by atoms with Crippen LogP contribution in [0.2, 0.25) is 0 Å². The summed E-state index contributed by atoms with van der Waals surface area (Å²) in [5.41, 5.74) is 0.934. The van der Waals surface area contributed by atoms with Crippen LogP contribution in [0.15, 0.2) is 16.7 Å². The van der Waals surface area contributed by atoms with Crippen LogP contribution < -0.4 is 5.32 Å². The molecule has 0 unspecified atom stereocenters. The van der Waals surface area contributed by atoms with Gasteiger partial charge in [-0.2, -0.15) is 0 Å². The van der Waals surface area contributed by atoms with Crippen molar-refractivity contribution in [3.05, 3.63) is 23.7 Å². The SMILES string of the molecule is COCC1(COC)NCCc2ccoc21. The molecule has 1 N–H and O–H groups in total. The molecule has 1 aliphatic rings. The average molecular weight is 211 g/mol. The van der Waals surface area contributed by atoms with E-state index in [0.717, 1.165) is 18.7 Å². The highest BCUT2D eigenvalue weighted by Gasteiger charge is 2.39. The van der Waals surface area contributed by atoms with Crippen molar-refractivity contribution in [2.75, 3.05) is 34.0 Å². The van der Waals surface area contributed by atoms with E-state index in [-0.39, 0.29) is 5.54 Å². The molecule has 0 aromatic carbocycles. The van der Waals surface area contributed by atoms with Crippen LogP contribution in [0.5, 0.6) is 0 Å². The molecule has 1 aliphatic heterocycles. The molecule has 0 spiro atoms. The Kier molecular flexibility index (Phi) is 3.09. The standard InChI is InChI=1S/C11H17NO3/c1-13-7-11(8-14-2)10-9(3-5-12-11)4-6-15-10/h4,6,12H,3,5,7-8H2,1-2H3. The van der Waals surface area contributed by atoms with Gasteiger partial charge in [-0.3, -0.25) is 0 Å². The Balaban J connectivity index is 2.33. The van der Waals surface area contributed by atoms with E-state index in [4.69, 9.17) is 13.9 Å². The molecule has 0 fully saturated rings. The third-order valence-corrected chi connectivity index (χ3v) is 2.82. The van der Waals surface area contributed by atoms with E-state index >= 15 is 0 Å². The fourth-order valence-corrected chi connectivity index (χ4v) is 2.24. The highest BCUT2D eigenvalue weighted by atomic mass is 16.5. The molecule has 0 atom stereocenters. The maximum atomic E-state index is 5.55. The first-order chi connectivity index (χ1) is 7.32. The van der Waals surface area contributed by atoms with Gasteiger partial charge in [-0.1, -0.05) is 0 Å². The minimum absolute atomic E-state index is 0.319. The van der Waals surface area contributed by atoms with Gasteiger partial charge in [0.15, 0.2) is 0 Å². The summed E-state index contributed by atoms with van der Waals surface area (Å²) in [5, 5.41) is 3.43. The Labute approximate surface area is 89.6 Å². The predicted octanol–water partition coefficient (Wildman–Crippen LogP) is 0.913. The Morgan fingerprint density at radius 3 is 2.80 bits per heavy atom. The molecule has 0 radical (unpaired) electrons. The first-order valence-corrected chi connectivity index (χ1v) is 5.12. The molecule has 0 amide bonds. The van der Waals surface area contributed by atoms with Crippen LogP contribution in [-0.4, -0.2) is 34.0 Å². The highest BCUT2D eigenvalue weighted by molar-refractivity contribution is 5.28. The molecule has 2 heterocycles. The molecule has 1 aromatic rings. The fraction of sp³-hybridized carbons (Fsp3) is 0.636. The fourth-order valence-electron chi connectivity index (χ4n) is 2.24. The van der Waals surface area contributed by atoms with Gasteiger partial charge in [-0.05, 0) is 18.1 Å². The Bertz CT molecular complexity index is 315. The lowest BCUT2D eigenvalue weighted by Crippen LogP contribution is -2.53. The van der Waals surface area contributed by atoms with Crippen molar-refractivity contribution in [1.29, 1.82) is 0 Å². The summed E-state index contributed by atoms with van der Waals surface area (Å²) >= 11 is 0. The summed E-state index contributed by atoms with van der Waals surface area (Å²) < 4.78 is 16.1. The van der Waals surface area contributed by atoms with Gasteiger partial charge in [0.2, 0.25) is 0 Å². The average Bonchev–Trinajstić information content (AvgIpc) is 2.68. The first kappa shape index (κ1) is 10.7. The maximum absolute atomic E-state index is 5.55. The first-order valence-electron chi connectivity index (χ1n) is 5.12. The molecular weight excluding hydrogens is 194 g/mol. The van der Waals surface area contributed by atoms with Gasteiger partial charge in [-0.25, -0.2) is 0 Å². The quantitative estimate of drug-likeness (QED) is 0.804. The van der Waals surface area contributed by atoms with E-state index in [1.54, 1.807) is 20.5 Å². The van der Waals surface area contributed by atoms with Crippen LogP contribution in [0.1, 0.15) is 11.3 Å². The number of methoxy groups -OCH3 is 2. The second-order valence-electron chi connectivity index (χ2n) is 3.90. The lowest BCUT2D eigenvalue weighted by Gasteiger charge is -2.35. The molecule has 4 nitrogen and oxygen atoms in total. The van der Waals surface area contributed by atoms with Crippen molar-refractivity contribution < 1.29 is 13.9 Å². The van der Waals surface area contributed by atoms with Crippen LogP contribution in [-0.2, 0) is 21.4 Å². The Morgan fingerprint density at radius 2 is 2.13 bits per heavy atom. The van der Waals surface area contributed by atoms with Crippen LogP contribution in [0.4, 0.5) is 0 Å². The predicted molar refractivity (Wildman–Crippen MR) is 55.8 cm³/mol. The van der Waals surface area contributed by atoms with Crippen LogP contribution >= 0.6 is 0 Å². The summed E-state index contributed by atoms with van der Waals surface area (Å²) in [6.07, 6.45) is 2.73.